The molecule has 0 aromatic heterocycles. The van der Waals surface area contributed by atoms with Gasteiger partial charge in [-0.05, 0) is 31.5 Å². The van der Waals surface area contributed by atoms with E-state index in [0.29, 0.717) is 12.2 Å². The highest BCUT2D eigenvalue weighted by Gasteiger charge is 2.21. The number of hydrogen-bond acceptors (Lipinski definition) is 4. The first kappa shape index (κ1) is 19.3. The number of nitrogens with one attached hydrogen (secondary N) is 2. The van der Waals surface area contributed by atoms with E-state index in [2.05, 4.69) is 15.5 Å². The summed E-state index contributed by atoms with van der Waals surface area (Å²) in [6.45, 7) is 7.66. The van der Waals surface area contributed by atoms with Crippen LogP contribution in [0.15, 0.2) is 24.3 Å². The summed E-state index contributed by atoms with van der Waals surface area (Å²) in [5.74, 6) is -0.484. The lowest BCUT2D eigenvalue weighted by Crippen LogP contribution is -2.51. The second-order valence-electron chi connectivity index (χ2n) is 6.49. The van der Waals surface area contributed by atoms with Gasteiger partial charge in [0, 0.05) is 37.9 Å². The molecule has 6 nitrogen and oxygen atoms in total. The number of hydrogen-bond donors (Lipinski definition) is 2. The summed E-state index contributed by atoms with van der Waals surface area (Å²) in [6, 6.07) is 6.06. The van der Waals surface area contributed by atoms with Crippen molar-refractivity contribution in [3.05, 3.63) is 30.1 Å². The molecule has 7 heteroatoms. The second-order valence-corrected chi connectivity index (χ2v) is 6.49. The molecule has 1 aromatic carbocycles. The maximum Gasteiger partial charge on any atom is 0.238 e. The molecule has 0 spiro atoms. The van der Waals surface area contributed by atoms with Gasteiger partial charge in [0.2, 0.25) is 11.8 Å². The minimum absolute atomic E-state index is 0.0478. The first-order valence-electron chi connectivity index (χ1n) is 8.75. The Bertz CT molecular complexity index is 588. The van der Waals surface area contributed by atoms with Crippen LogP contribution in [0.5, 0.6) is 0 Å². The van der Waals surface area contributed by atoms with Gasteiger partial charge in [-0.2, -0.15) is 0 Å². The van der Waals surface area contributed by atoms with Gasteiger partial charge < -0.3 is 10.6 Å². The van der Waals surface area contributed by atoms with Crippen molar-refractivity contribution in [2.45, 2.75) is 26.3 Å². The van der Waals surface area contributed by atoms with E-state index >= 15 is 0 Å². The molecule has 0 bridgehead atoms. The van der Waals surface area contributed by atoms with E-state index < -0.39 is 0 Å². The standard InChI is InChI=1S/C18H27FN4O2/c1-3-14(2)20-17(24)12-22-7-9-23(10-8-22)13-18(25)21-16-6-4-5-15(19)11-16/h4-6,11,14H,3,7-10,12-13H2,1-2H3,(H,20,24)(H,21,25). The number of benzene rings is 1. The molecular formula is C18H27FN4O2. The van der Waals surface area contributed by atoms with Gasteiger partial charge in [-0.25, -0.2) is 4.39 Å². The summed E-state index contributed by atoms with van der Waals surface area (Å²) in [5.41, 5.74) is 0.463. The lowest BCUT2D eigenvalue weighted by Gasteiger charge is -2.34. The Morgan fingerprint density at radius 2 is 1.72 bits per heavy atom. The number of carbonyl (C=O) groups excluding carboxylic acids is 2. The fraction of sp³-hybridized carbons (Fsp3) is 0.556. The van der Waals surface area contributed by atoms with Gasteiger partial charge in [-0.3, -0.25) is 19.4 Å². The number of nitrogens with zero attached hydrogens (tertiary/aromatic N) is 2. The zero-order valence-electron chi connectivity index (χ0n) is 14.9. The first-order valence-corrected chi connectivity index (χ1v) is 8.75. The van der Waals surface area contributed by atoms with Crippen molar-refractivity contribution in [3.63, 3.8) is 0 Å². The summed E-state index contributed by atoms with van der Waals surface area (Å²) >= 11 is 0. The second kappa shape index (κ2) is 9.48. The molecule has 0 saturated carbocycles. The number of rotatable bonds is 7. The van der Waals surface area contributed by atoms with Gasteiger partial charge >= 0.3 is 0 Å². The Hall–Kier alpha value is -1.99. The fourth-order valence-electron chi connectivity index (χ4n) is 2.70. The predicted octanol–water partition coefficient (Wildman–Crippen LogP) is 1.30. The van der Waals surface area contributed by atoms with E-state index in [0.717, 1.165) is 32.6 Å². The van der Waals surface area contributed by atoms with Crippen molar-refractivity contribution in [1.29, 1.82) is 0 Å². The minimum Gasteiger partial charge on any atom is -0.353 e. The Kier molecular flexibility index (Phi) is 7.33. The van der Waals surface area contributed by atoms with Crippen molar-refractivity contribution in [1.82, 2.24) is 15.1 Å². The molecule has 138 valence electrons. The van der Waals surface area contributed by atoms with Crippen LogP contribution in [-0.2, 0) is 9.59 Å². The average molecular weight is 350 g/mol. The maximum atomic E-state index is 13.1. The van der Waals surface area contributed by atoms with Crippen molar-refractivity contribution in [3.8, 4) is 0 Å². The Balaban J connectivity index is 1.69. The molecule has 1 saturated heterocycles. The SMILES string of the molecule is CCC(C)NC(=O)CN1CCN(CC(=O)Nc2cccc(F)c2)CC1. The molecule has 2 N–H and O–H groups in total. The van der Waals surface area contributed by atoms with Gasteiger partial charge in [0.05, 0.1) is 13.1 Å². The smallest absolute Gasteiger partial charge is 0.238 e. The van der Waals surface area contributed by atoms with Crippen molar-refractivity contribution < 1.29 is 14.0 Å². The summed E-state index contributed by atoms with van der Waals surface area (Å²) in [6.07, 6.45) is 0.917. The minimum atomic E-state index is -0.373. The van der Waals surface area contributed by atoms with Crippen LogP contribution in [0.3, 0.4) is 0 Å². The lowest BCUT2D eigenvalue weighted by atomic mass is 10.2. The topological polar surface area (TPSA) is 64.7 Å². The number of piperazine rings is 1. The molecule has 1 aromatic rings. The molecule has 1 fully saturated rings. The van der Waals surface area contributed by atoms with E-state index in [-0.39, 0.29) is 30.2 Å². The van der Waals surface area contributed by atoms with Crippen LogP contribution in [0.1, 0.15) is 20.3 Å². The largest absolute Gasteiger partial charge is 0.353 e. The van der Waals surface area contributed by atoms with Crippen LogP contribution >= 0.6 is 0 Å². The van der Waals surface area contributed by atoms with Crippen molar-refractivity contribution in [2.75, 3.05) is 44.6 Å². The average Bonchev–Trinajstić information content (AvgIpc) is 2.56. The third-order valence-corrected chi connectivity index (χ3v) is 4.33. The van der Waals surface area contributed by atoms with Gasteiger partial charge in [-0.15, -0.1) is 0 Å². The van der Waals surface area contributed by atoms with Crippen molar-refractivity contribution in [2.24, 2.45) is 0 Å². The van der Waals surface area contributed by atoms with Crippen LogP contribution < -0.4 is 10.6 Å². The Morgan fingerprint density at radius 1 is 1.12 bits per heavy atom. The monoisotopic (exact) mass is 350 g/mol. The number of carbonyl (C=O) groups is 2. The highest BCUT2D eigenvalue weighted by Crippen LogP contribution is 2.09. The number of halogens is 1. The van der Waals surface area contributed by atoms with E-state index in [1.165, 1.54) is 12.1 Å². The molecular weight excluding hydrogens is 323 g/mol. The highest BCUT2D eigenvalue weighted by atomic mass is 19.1. The normalized spacial score (nSPS) is 17.1. The molecule has 1 heterocycles. The van der Waals surface area contributed by atoms with Crippen LogP contribution in [0.4, 0.5) is 10.1 Å². The van der Waals surface area contributed by atoms with E-state index in [1.54, 1.807) is 12.1 Å². The maximum absolute atomic E-state index is 13.1. The Morgan fingerprint density at radius 3 is 2.28 bits per heavy atom. The lowest BCUT2D eigenvalue weighted by molar-refractivity contribution is -0.124. The number of amides is 2. The Labute approximate surface area is 148 Å². The van der Waals surface area contributed by atoms with E-state index in [4.69, 9.17) is 0 Å². The predicted molar refractivity (Wildman–Crippen MR) is 95.8 cm³/mol. The van der Waals surface area contributed by atoms with Gasteiger partial charge in [0.15, 0.2) is 0 Å². The molecule has 0 radical (unpaired) electrons. The molecule has 2 rings (SSSR count). The fourth-order valence-corrected chi connectivity index (χ4v) is 2.70. The summed E-state index contributed by atoms with van der Waals surface area (Å²) in [4.78, 5) is 28.1. The quantitative estimate of drug-likeness (QED) is 0.778. The third kappa shape index (κ3) is 6.80. The first-order chi connectivity index (χ1) is 12.0. The third-order valence-electron chi connectivity index (χ3n) is 4.33. The number of anilines is 1. The summed E-state index contributed by atoms with van der Waals surface area (Å²) in [5, 5.41) is 5.67. The molecule has 0 aliphatic carbocycles. The molecule has 1 atom stereocenters. The van der Waals surface area contributed by atoms with Crippen LogP contribution in [0, 0.1) is 5.82 Å². The van der Waals surface area contributed by atoms with Gasteiger partial charge in [-0.1, -0.05) is 13.0 Å². The summed E-state index contributed by atoms with van der Waals surface area (Å²) in [7, 11) is 0. The van der Waals surface area contributed by atoms with Crippen LogP contribution in [0.25, 0.3) is 0 Å². The van der Waals surface area contributed by atoms with E-state index in [1.807, 2.05) is 18.7 Å². The van der Waals surface area contributed by atoms with Crippen molar-refractivity contribution >= 4 is 17.5 Å². The highest BCUT2D eigenvalue weighted by molar-refractivity contribution is 5.92. The zero-order valence-corrected chi connectivity index (χ0v) is 14.9. The van der Waals surface area contributed by atoms with Crippen LogP contribution in [0.2, 0.25) is 0 Å². The van der Waals surface area contributed by atoms with E-state index in [9.17, 15) is 14.0 Å². The summed E-state index contributed by atoms with van der Waals surface area (Å²) < 4.78 is 13.1. The molecule has 1 aliphatic rings. The molecule has 1 unspecified atom stereocenters. The van der Waals surface area contributed by atoms with Gasteiger partial charge in [0.25, 0.3) is 0 Å². The molecule has 1 aliphatic heterocycles. The van der Waals surface area contributed by atoms with Crippen LogP contribution in [-0.4, -0.2) is 66.9 Å². The zero-order chi connectivity index (χ0) is 18.2. The molecule has 2 amide bonds. The molecule has 25 heavy (non-hydrogen) atoms. The van der Waals surface area contributed by atoms with Gasteiger partial charge in [0.1, 0.15) is 5.82 Å².